The number of methoxy groups -OCH3 is 2. The molecular formula is C88H130Cl2N12O22S2. The molecule has 0 radical (unpaired) electrons. The topological polar surface area (TPSA) is 528 Å². The molecule has 0 spiro atoms. The summed E-state index contributed by atoms with van der Waals surface area (Å²) in [5.41, 5.74) is 24.3. The van der Waals surface area contributed by atoms with Gasteiger partial charge in [-0.15, -0.1) is 23.5 Å². The Hall–Kier alpha value is -8.60. The normalized spacial score (nSPS) is 19.0. The fourth-order valence-corrected chi connectivity index (χ4v) is 17.2. The second-order valence-corrected chi connectivity index (χ2v) is 34.0. The highest BCUT2D eigenvalue weighted by molar-refractivity contribution is 7.99. The summed E-state index contributed by atoms with van der Waals surface area (Å²) in [5.74, 6) is -7.91. The van der Waals surface area contributed by atoms with E-state index in [2.05, 4.69) is 21.3 Å². The number of nitrogens with two attached hydrogens (primary N) is 4. The van der Waals surface area contributed by atoms with Gasteiger partial charge >= 0.3 is 47.8 Å². The lowest BCUT2D eigenvalue weighted by atomic mass is 10.0. The van der Waals surface area contributed by atoms with Crippen molar-refractivity contribution in [2.24, 2.45) is 22.9 Å². The summed E-state index contributed by atoms with van der Waals surface area (Å²) in [6.07, 6.45) is 10.7. The zero-order chi connectivity index (χ0) is 92.6. The summed E-state index contributed by atoms with van der Waals surface area (Å²) < 4.78 is 21.1. The van der Waals surface area contributed by atoms with Crippen LogP contribution in [0.25, 0.3) is 0 Å². The molecule has 14 atom stereocenters. The molecule has 8 rings (SSSR count). The van der Waals surface area contributed by atoms with Crippen molar-refractivity contribution in [3.05, 3.63) is 130 Å². The molecule has 126 heavy (non-hydrogen) atoms. The molecule has 0 aliphatic carbocycles. The number of aryl methyl sites for hydroxylation is 2. The van der Waals surface area contributed by atoms with E-state index in [9.17, 15) is 88.2 Å². The average Bonchev–Trinajstić information content (AvgIpc) is 1.68. The van der Waals surface area contributed by atoms with Gasteiger partial charge in [0.15, 0.2) is 0 Å². The lowest BCUT2D eigenvalue weighted by Gasteiger charge is -2.30. The molecule has 0 aromatic heterocycles. The number of hydrogen-bond acceptors (Lipinski definition) is 26. The van der Waals surface area contributed by atoms with Crippen molar-refractivity contribution in [3.63, 3.8) is 0 Å². The van der Waals surface area contributed by atoms with E-state index in [-0.39, 0.29) is 81.2 Å². The number of carbonyl (C=O) groups is 12. The summed E-state index contributed by atoms with van der Waals surface area (Å²) in [5, 5.41) is 71.0. The molecule has 4 fully saturated rings. The maximum Gasteiger partial charge on any atom is 0.326 e. The Morgan fingerprint density at radius 2 is 0.706 bits per heavy atom. The minimum Gasteiger partial charge on any atom is -0.480 e. The van der Waals surface area contributed by atoms with Gasteiger partial charge in [-0.3, -0.25) is 59.6 Å². The molecule has 38 heteroatoms. The van der Waals surface area contributed by atoms with Crippen molar-refractivity contribution in [1.29, 1.82) is 0 Å². The van der Waals surface area contributed by atoms with E-state index >= 15 is 0 Å². The lowest BCUT2D eigenvalue weighted by molar-refractivity contribution is -0.150. The van der Waals surface area contributed by atoms with Gasteiger partial charge in [0.25, 0.3) is 0 Å². The molecule has 4 aromatic carbocycles. The van der Waals surface area contributed by atoms with Crippen molar-refractivity contribution < 1.29 is 107 Å². The van der Waals surface area contributed by atoms with Gasteiger partial charge in [-0.2, -0.15) is 0 Å². The Labute approximate surface area is 756 Å². The van der Waals surface area contributed by atoms with Crippen LogP contribution in [-0.4, -0.2) is 298 Å². The number of esters is 2. The van der Waals surface area contributed by atoms with Gasteiger partial charge in [-0.25, -0.2) is 19.2 Å². The SMILES string of the molecule is CCOC(=O)[C@H](CCc1ccc(Cl)cc1)N[C@@H](CCCCN)C(=O)N1C[C@H](OC)C[C@H]1C(=O)O.CCOC(=O)[C@H](CSc1ccccc1)N[C@@H](CCCCN)C(=O)N1CCC[C@H]1C(=O)O.CO[C@@H]1C[C@@H](C(=O)O)N(C(=O)[C@H](CCCCN)N[C@@H](CCc2ccc(Cl)cc2)C(=O)O)C1.NCCCC[C@H](N[C@@H](CSc1ccccc1)C(=O)O)C(=O)N1CCC[C@H]1C(=O)O. The van der Waals surface area contributed by atoms with Crippen molar-refractivity contribution in [2.45, 2.75) is 250 Å². The summed E-state index contributed by atoms with van der Waals surface area (Å²) in [4.78, 5) is 156. The van der Waals surface area contributed by atoms with Gasteiger partial charge in [0.1, 0.15) is 48.3 Å². The van der Waals surface area contributed by atoms with Gasteiger partial charge in [0, 0.05) is 84.6 Å². The van der Waals surface area contributed by atoms with Crippen LogP contribution in [0.2, 0.25) is 10.0 Å². The lowest BCUT2D eigenvalue weighted by Crippen LogP contribution is -2.55. The number of hydrogen-bond donors (Lipinski definition) is 14. The standard InChI is InChI=1S/C24H36ClN3O6.C22H32ClN3O6.C22H33N3O5S.C20H29N3O5S/c1-3-34-24(32)20(12-9-16-7-10-17(25)11-8-16)27-19(6-4-5-13-26)22(29)28-15-18(33-2)14-21(28)23(30)31;1-32-16-12-19(22(30)31)26(13-16)20(27)17(4-2-3-11-24)25-18(21(28)29)10-7-14-5-8-15(23)9-6-14;1-2-30-22(29)18(15-31-16-9-4-3-5-10-16)24-17(11-6-7-13-23)20(26)25-14-8-12-19(25)21(27)28;21-11-5-4-9-15(18(24)23-12-6-10-17(23)20(27)28)22-16(19(25)26)13-29-14-7-2-1-3-8-14/h7-8,10-11,18-21,27H,3-6,9,12-15,26H2,1-2H3,(H,30,31);5-6,8-9,16-19,25H,2-4,7,10-13,24H2,1H3,(H,28,29)(H,30,31);3-5,9-10,17-19,24H,2,6-8,11-15,23H2,1H3,(H,27,28);1-3,7-8,15-17,22H,4-6,9-13,21H2,(H,25,26)(H,27,28)/t18-,19+,20+,21+;16-,17+,18+,19+;17-,18-,19-;15-,16-,17-/m1100/s1. The number of unbranched alkanes of at least 4 members (excludes halogenated alkanes) is 4. The summed E-state index contributed by atoms with van der Waals surface area (Å²) in [7, 11) is 2.98. The number of nitrogens with one attached hydrogen (secondary N) is 4. The number of likely N-dealkylation sites (tertiary alicyclic amines) is 4. The number of rotatable bonds is 52. The molecule has 0 bridgehead atoms. The zero-order valence-electron chi connectivity index (χ0n) is 72.4. The summed E-state index contributed by atoms with van der Waals surface area (Å²) in [6.45, 7) is 6.98. The van der Waals surface area contributed by atoms with Crippen LogP contribution in [0.4, 0.5) is 0 Å². The fraction of sp³-hybridized carbons (Fsp3) is 0.591. The predicted molar refractivity (Wildman–Crippen MR) is 479 cm³/mol. The maximum atomic E-state index is 13.5. The van der Waals surface area contributed by atoms with Crippen molar-refractivity contribution in [1.82, 2.24) is 40.9 Å². The van der Waals surface area contributed by atoms with Crippen molar-refractivity contribution in [3.8, 4) is 0 Å². The number of carboxylic acids is 6. The molecule has 4 aromatic rings. The third-order valence-electron chi connectivity index (χ3n) is 21.9. The zero-order valence-corrected chi connectivity index (χ0v) is 75.5. The molecule has 4 amide bonds. The summed E-state index contributed by atoms with van der Waals surface area (Å²) >= 11 is 14.8. The molecule has 34 nitrogen and oxygen atoms in total. The largest absolute Gasteiger partial charge is 0.480 e. The number of benzene rings is 4. The van der Waals surface area contributed by atoms with E-state index < -0.39 is 126 Å². The van der Waals surface area contributed by atoms with Crippen LogP contribution < -0.4 is 44.2 Å². The number of carbonyl (C=O) groups excluding carboxylic acids is 6. The maximum absolute atomic E-state index is 13.5. The number of thioether (sulfide) groups is 2. The van der Waals surface area contributed by atoms with Gasteiger partial charge in [0.05, 0.1) is 49.6 Å². The van der Waals surface area contributed by atoms with Crippen molar-refractivity contribution >= 4 is 118 Å². The molecule has 0 saturated carbocycles. The Balaban J connectivity index is 0.000000298. The van der Waals surface area contributed by atoms with E-state index in [0.29, 0.717) is 171 Å². The van der Waals surface area contributed by atoms with Crippen LogP contribution in [0.3, 0.4) is 0 Å². The van der Waals surface area contributed by atoms with Gasteiger partial charge in [0.2, 0.25) is 23.6 Å². The van der Waals surface area contributed by atoms with E-state index in [4.69, 9.17) is 65.1 Å². The number of aliphatic carboxylic acids is 6. The molecule has 0 unspecified atom stereocenters. The van der Waals surface area contributed by atoms with E-state index in [1.165, 1.54) is 57.3 Å². The predicted octanol–water partition coefficient (Wildman–Crippen LogP) is 6.77. The summed E-state index contributed by atoms with van der Waals surface area (Å²) in [6, 6.07) is 23.7. The highest BCUT2D eigenvalue weighted by atomic mass is 35.5. The first-order valence-electron chi connectivity index (χ1n) is 43.1. The Bertz CT molecular complexity index is 4000. The van der Waals surface area contributed by atoms with E-state index in [0.717, 1.165) is 27.3 Å². The third-order valence-corrected chi connectivity index (χ3v) is 24.6. The number of carboxylic acid groups (broad SMARTS) is 6. The molecule has 4 saturated heterocycles. The van der Waals surface area contributed by atoms with Gasteiger partial charge in [-0.1, -0.05) is 110 Å². The van der Waals surface area contributed by atoms with Crippen LogP contribution in [0, 0.1) is 0 Å². The molecule has 700 valence electrons. The number of halogens is 2. The highest BCUT2D eigenvalue weighted by Gasteiger charge is 2.46. The quantitative estimate of drug-likeness (QED) is 0.0123. The van der Waals surface area contributed by atoms with Crippen LogP contribution in [0.5, 0.6) is 0 Å². The van der Waals surface area contributed by atoms with Gasteiger partial charge in [-0.05, 0) is 202 Å². The molecule has 4 aliphatic rings. The molecule has 18 N–H and O–H groups in total. The van der Waals surface area contributed by atoms with E-state index in [1.807, 2.05) is 84.9 Å². The monoisotopic (exact) mass is 1840 g/mol. The highest BCUT2D eigenvalue weighted by Crippen LogP contribution is 2.29. The molecular weight excluding hydrogens is 1710 g/mol. The Morgan fingerprint density at radius 3 is 1.03 bits per heavy atom. The second-order valence-electron chi connectivity index (χ2n) is 30.9. The fourth-order valence-electron chi connectivity index (χ4n) is 15.0. The van der Waals surface area contributed by atoms with Crippen molar-refractivity contribution in [2.75, 3.05) is 91.3 Å². The van der Waals surface area contributed by atoms with Crippen LogP contribution >= 0.6 is 46.7 Å². The number of amides is 4. The van der Waals surface area contributed by atoms with E-state index in [1.54, 1.807) is 38.1 Å². The first-order chi connectivity index (χ1) is 60.5. The Kier molecular flexibility index (Phi) is 51.0. The number of nitrogens with zero attached hydrogens (tertiary/aromatic N) is 4. The average molecular weight is 1840 g/mol. The molecule has 4 aliphatic heterocycles. The van der Waals surface area contributed by atoms with Crippen LogP contribution in [-0.2, 0) is 89.3 Å². The van der Waals surface area contributed by atoms with Crippen LogP contribution in [0.15, 0.2) is 119 Å². The minimum absolute atomic E-state index is 0.157. The van der Waals surface area contributed by atoms with Gasteiger partial charge < -0.3 is 92.1 Å². The molecule has 4 heterocycles. The minimum atomic E-state index is -1.10. The number of ether oxygens (including phenoxy) is 4. The smallest absolute Gasteiger partial charge is 0.326 e. The first-order valence-corrected chi connectivity index (χ1v) is 45.9. The second kappa shape index (κ2) is 59.5. The van der Waals surface area contributed by atoms with Crippen LogP contribution in [0.1, 0.15) is 153 Å². The third kappa shape index (κ3) is 37.2. The Morgan fingerprint density at radius 1 is 0.397 bits per heavy atom. The first kappa shape index (κ1) is 108.